The number of nitrogens with zero attached hydrogens (tertiary/aromatic N) is 1. The van der Waals surface area contributed by atoms with Gasteiger partial charge in [0.05, 0.1) is 0 Å². The van der Waals surface area contributed by atoms with Gasteiger partial charge in [0.2, 0.25) is 0 Å². The summed E-state index contributed by atoms with van der Waals surface area (Å²) in [6.45, 7) is 0.595. The van der Waals surface area contributed by atoms with Gasteiger partial charge in [0, 0.05) is 0 Å². The summed E-state index contributed by atoms with van der Waals surface area (Å²) in [5.74, 6) is -0.116. The molecule has 5 aromatic rings. The van der Waals surface area contributed by atoms with Crippen LogP contribution in [-0.2, 0) is 6.54 Å². The van der Waals surface area contributed by atoms with Crippen molar-refractivity contribution in [3.8, 4) is 0 Å². The van der Waals surface area contributed by atoms with Crippen LogP contribution in [0.15, 0.2) is 181 Å². The quantitative estimate of drug-likeness (QED) is 0.182. The van der Waals surface area contributed by atoms with Crippen molar-refractivity contribution in [3.63, 3.8) is 0 Å². The summed E-state index contributed by atoms with van der Waals surface area (Å²) in [5, 5.41) is 3.83. The van der Waals surface area contributed by atoms with Gasteiger partial charge in [0.1, 0.15) is 0 Å². The Labute approximate surface area is 249 Å². The average Bonchev–Trinajstić information content (AvgIpc) is 3.55. The van der Waals surface area contributed by atoms with Crippen LogP contribution in [0.2, 0.25) is 0 Å². The van der Waals surface area contributed by atoms with Gasteiger partial charge < -0.3 is 0 Å². The van der Waals surface area contributed by atoms with E-state index in [1.807, 2.05) is 30.5 Å². The van der Waals surface area contributed by atoms with Crippen LogP contribution >= 0.6 is 0 Å². The molecule has 2 nitrogen and oxygen atoms in total. The van der Waals surface area contributed by atoms with Crippen molar-refractivity contribution in [2.75, 3.05) is 0 Å². The molecule has 42 heavy (non-hydrogen) atoms. The summed E-state index contributed by atoms with van der Waals surface area (Å²) < 4.78 is 0. The maximum atomic E-state index is 7.23. The number of aromatic nitrogens is 1. The molecule has 1 aliphatic rings. The number of allylic oxidation sites excluding steroid dienone is 6. The van der Waals surface area contributed by atoms with Crippen molar-refractivity contribution in [3.05, 3.63) is 209 Å². The summed E-state index contributed by atoms with van der Waals surface area (Å²) in [4.78, 5) is 4.60. The zero-order valence-corrected chi connectivity index (χ0v) is 23.5. The predicted octanol–water partition coefficient (Wildman–Crippen LogP) is 7.93. The molecule has 1 heterocycles. The standard InChI is InChI=1S/C39H32BN2/c40-38(36(29-16-5-1-6-17-29)30-18-7-2-8-19-30)34-25-15-26-35(34)39(42-28-33-24-13-14-27-41-33)37(31-20-9-3-10-21-31)32-22-11-4-12-23-32/h1-27,36-37,42H,28H2/b39-35-. The van der Waals surface area contributed by atoms with Crippen molar-refractivity contribution in [2.24, 2.45) is 0 Å². The summed E-state index contributed by atoms with van der Waals surface area (Å²) in [6, 6.07) is 48.5. The minimum absolute atomic E-state index is 0.0306. The van der Waals surface area contributed by atoms with E-state index >= 15 is 0 Å². The zero-order valence-electron chi connectivity index (χ0n) is 23.5. The summed E-state index contributed by atoms with van der Waals surface area (Å²) in [5.41, 5.74) is 9.78. The molecule has 6 rings (SSSR count). The van der Waals surface area contributed by atoms with Gasteiger partial charge in [-0.15, -0.1) is 0 Å². The predicted molar refractivity (Wildman–Crippen MR) is 176 cm³/mol. The van der Waals surface area contributed by atoms with E-state index in [2.05, 4.69) is 144 Å². The van der Waals surface area contributed by atoms with Gasteiger partial charge in [-0.1, -0.05) is 0 Å². The van der Waals surface area contributed by atoms with Crippen molar-refractivity contribution < 1.29 is 0 Å². The van der Waals surface area contributed by atoms with Gasteiger partial charge in [0.15, 0.2) is 0 Å². The van der Waals surface area contributed by atoms with Gasteiger partial charge in [-0.3, -0.25) is 0 Å². The van der Waals surface area contributed by atoms with Crippen LogP contribution in [0.3, 0.4) is 0 Å². The van der Waals surface area contributed by atoms with Crippen LogP contribution in [0.1, 0.15) is 39.8 Å². The number of hydrogen-bond acceptors (Lipinski definition) is 2. The Balaban J connectivity index is 1.50. The molecule has 1 N–H and O–H groups in total. The first kappa shape index (κ1) is 27.2. The van der Waals surface area contributed by atoms with Gasteiger partial charge in [0.25, 0.3) is 0 Å². The van der Waals surface area contributed by atoms with Crippen LogP contribution in [0.5, 0.6) is 0 Å². The minimum atomic E-state index is -0.0857. The Bertz CT molecular complexity index is 1630. The topological polar surface area (TPSA) is 24.9 Å². The molecule has 1 radical (unpaired) electrons. The molecular formula is C39H32BN2. The average molecular weight is 540 g/mol. The zero-order chi connectivity index (χ0) is 28.6. The molecule has 0 bridgehead atoms. The van der Waals surface area contributed by atoms with E-state index in [9.17, 15) is 0 Å². The monoisotopic (exact) mass is 539 g/mol. The Morgan fingerprint density at radius 1 is 0.595 bits per heavy atom. The van der Waals surface area contributed by atoms with Crippen molar-refractivity contribution in [2.45, 2.75) is 18.4 Å². The molecule has 0 unspecified atom stereocenters. The van der Waals surface area contributed by atoms with Crippen LogP contribution < -0.4 is 5.32 Å². The van der Waals surface area contributed by atoms with Gasteiger partial charge >= 0.3 is 250 Å². The number of benzene rings is 4. The Morgan fingerprint density at radius 3 is 1.55 bits per heavy atom. The van der Waals surface area contributed by atoms with Crippen LogP contribution in [0.4, 0.5) is 0 Å². The molecule has 1 aromatic heterocycles. The molecule has 0 saturated heterocycles. The SMILES string of the molecule is [B]=C(C1=CC=C/C1=C(/NCc1ccccn1)C(c1ccccc1)c1ccccc1)C(c1ccccc1)c1ccccc1. The fraction of sp³-hybridized carbons (Fsp3) is 0.0769. The van der Waals surface area contributed by atoms with Gasteiger partial charge in [-0.25, -0.2) is 0 Å². The van der Waals surface area contributed by atoms with Gasteiger partial charge in [-0.05, 0) is 0 Å². The van der Waals surface area contributed by atoms with Crippen LogP contribution in [-0.4, -0.2) is 17.9 Å². The molecule has 4 aromatic carbocycles. The van der Waals surface area contributed by atoms with E-state index in [-0.39, 0.29) is 11.8 Å². The molecule has 0 fully saturated rings. The van der Waals surface area contributed by atoms with Crippen molar-refractivity contribution >= 4 is 13.0 Å². The van der Waals surface area contributed by atoms with E-state index < -0.39 is 0 Å². The first-order valence-corrected chi connectivity index (χ1v) is 14.4. The van der Waals surface area contributed by atoms with Crippen molar-refractivity contribution in [1.29, 1.82) is 0 Å². The number of hydrogen-bond donors (Lipinski definition) is 1. The summed E-state index contributed by atoms with van der Waals surface area (Å²) in [7, 11) is 7.23. The second kappa shape index (κ2) is 13.1. The van der Waals surface area contributed by atoms with E-state index in [0.717, 1.165) is 28.0 Å². The van der Waals surface area contributed by atoms with E-state index in [1.54, 1.807) is 0 Å². The molecule has 3 heteroatoms. The van der Waals surface area contributed by atoms with E-state index in [4.69, 9.17) is 7.49 Å². The fourth-order valence-electron chi connectivity index (χ4n) is 5.76. The molecule has 0 amide bonds. The first-order chi connectivity index (χ1) is 20.8. The normalized spacial score (nSPS) is 13.7. The third-order valence-electron chi connectivity index (χ3n) is 7.73. The van der Waals surface area contributed by atoms with Crippen molar-refractivity contribution in [1.82, 2.24) is 10.3 Å². The number of nitrogens with one attached hydrogen (secondary N) is 1. The van der Waals surface area contributed by atoms with Gasteiger partial charge in [-0.2, -0.15) is 0 Å². The molecule has 0 aliphatic heterocycles. The van der Waals surface area contributed by atoms with Crippen LogP contribution in [0.25, 0.3) is 0 Å². The van der Waals surface area contributed by atoms with Crippen LogP contribution in [0, 0.1) is 0 Å². The molecular weight excluding hydrogens is 507 g/mol. The molecule has 0 spiro atoms. The second-order valence-corrected chi connectivity index (χ2v) is 10.4. The maximum absolute atomic E-state index is 7.23. The Hall–Kier alpha value is -5.02. The third kappa shape index (κ3) is 6.01. The summed E-state index contributed by atoms with van der Waals surface area (Å²) in [6.07, 6.45) is 8.29. The number of pyridine rings is 1. The van der Waals surface area contributed by atoms with E-state index in [1.165, 1.54) is 22.3 Å². The Morgan fingerprint density at radius 2 is 1.07 bits per heavy atom. The second-order valence-electron chi connectivity index (χ2n) is 10.4. The molecule has 1 aliphatic carbocycles. The Kier molecular flexibility index (Phi) is 8.47. The first-order valence-electron chi connectivity index (χ1n) is 14.4. The fourth-order valence-corrected chi connectivity index (χ4v) is 5.76. The molecule has 0 atom stereocenters. The third-order valence-corrected chi connectivity index (χ3v) is 7.73. The molecule has 0 saturated carbocycles. The molecule has 201 valence electrons. The van der Waals surface area contributed by atoms with E-state index in [0.29, 0.717) is 6.54 Å². The number of rotatable bonds is 10. The summed E-state index contributed by atoms with van der Waals surface area (Å²) >= 11 is 0.